The van der Waals surface area contributed by atoms with Crippen molar-refractivity contribution in [2.24, 2.45) is 0 Å². The van der Waals surface area contributed by atoms with Crippen molar-refractivity contribution in [3.8, 4) is 5.88 Å². The van der Waals surface area contributed by atoms with Crippen LogP contribution in [0.2, 0.25) is 0 Å². The lowest BCUT2D eigenvalue weighted by molar-refractivity contribution is -0.116. The summed E-state index contributed by atoms with van der Waals surface area (Å²) in [6.07, 6.45) is 0.921. The molecule has 0 aliphatic carbocycles. The molecular weight excluding hydrogens is 394 g/mol. The summed E-state index contributed by atoms with van der Waals surface area (Å²) in [5, 5.41) is 2.78. The number of carbonyl (C=O) groups excluding carboxylic acids is 1. The molecule has 1 aromatic heterocycles. The lowest BCUT2D eigenvalue weighted by Gasteiger charge is -2.35. The predicted molar refractivity (Wildman–Crippen MR) is 108 cm³/mol. The molecule has 3 heterocycles. The van der Waals surface area contributed by atoms with Crippen molar-refractivity contribution < 1.29 is 17.9 Å². The van der Waals surface area contributed by atoms with E-state index >= 15 is 0 Å². The van der Waals surface area contributed by atoms with Crippen molar-refractivity contribution in [2.75, 3.05) is 43.5 Å². The number of piperazine rings is 1. The maximum absolute atomic E-state index is 13.1. The number of methoxy groups -OCH3 is 1. The van der Waals surface area contributed by atoms with Crippen molar-refractivity contribution in [3.05, 3.63) is 35.7 Å². The van der Waals surface area contributed by atoms with Gasteiger partial charge in [-0.2, -0.15) is 9.29 Å². The van der Waals surface area contributed by atoms with Crippen molar-refractivity contribution in [1.82, 2.24) is 14.3 Å². The van der Waals surface area contributed by atoms with Gasteiger partial charge in [-0.3, -0.25) is 4.79 Å². The first kappa shape index (κ1) is 19.6. The molecule has 2 aliphatic heterocycles. The molecule has 0 spiro atoms. The minimum Gasteiger partial charge on any atom is -0.481 e. The number of hydrogen-bond acceptors (Lipinski definition) is 7. The fraction of sp³-hybridized carbons (Fsp3) is 0.421. The van der Waals surface area contributed by atoms with E-state index in [1.54, 1.807) is 38.3 Å². The molecular formula is C19H23N5O4S. The number of hydrogen-bond donors (Lipinski definition) is 1. The van der Waals surface area contributed by atoms with Crippen LogP contribution in [-0.2, 0) is 21.2 Å². The van der Waals surface area contributed by atoms with E-state index < -0.39 is 10.0 Å². The molecule has 0 atom stereocenters. The number of rotatable bonds is 4. The first-order valence-corrected chi connectivity index (χ1v) is 10.9. The number of nitrogens with zero attached hydrogens (tertiary/aromatic N) is 4. The van der Waals surface area contributed by atoms with Gasteiger partial charge in [0.1, 0.15) is 11.6 Å². The molecule has 1 saturated heterocycles. The molecule has 2 aliphatic rings. The highest BCUT2D eigenvalue weighted by Crippen LogP contribution is 2.28. The molecule has 1 N–H and O–H groups in total. The fourth-order valence-corrected chi connectivity index (χ4v) is 5.09. The summed E-state index contributed by atoms with van der Waals surface area (Å²) < 4.78 is 32.9. The highest BCUT2D eigenvalue weighted by Gasteiger charge is 2.30. The Balaban J connectivity index is 1.49. The van der Waals surface area contributed by atoms with E-state index in [4.69, 9.17) is 4.74 Å². The number of benzene rings is 1. The summed E-state index contributed by atoms with van der Waals surface area (Å²) in [4.78, 5) is 22.4. The average molecular weight is 417 g/mol. The SMILES string of the molecule is COc1cc(N2CCN(S(=O)(=O)c3ccc4c(c3)CCC(=O)N4)CC2)nc(C)n1. The van der Waals surface area contributed by atoms with E-state index in [0.29, 0.717) is 56.4 Å². The molecule has 1 fully saturated rings. The summed E-state index contributed by atoms with van der Waals surface area (Å²) in [5.74, 6) is 1.79. The highest BCUT2D eigenvalue weighted by molar-refractivity contribution is 7.89. The van der Waals surface area contributed by atoms with E-state index in [1.807, 2.05) is 4.90 Å². The van der Waals surface area contributed by atoms with Gasteiger partial charge < -0.3 is 15.0 Å². The topological polar surface area (TPSA) is 105 Å². The maximum atomic E-state index is 13.1. The van der Waals surface area contributed by atoms with Crippen molar-refractivity contribution in [1.29, 1.82) is 0 Å². The molecule has 29 heavy (non-hydrogen) atoms. The van der Waals surface area contributed by atoms with Crippen LogP contribution in [0.4, 0.5) is 11.5 Å². The molecule has 0 saturated carbocycles. The van der Waals surface area contributed by atoms with E-state index in [-0.39, 0.29) is 10.8 Å². The second kappa shape index (κ2) is 7.60. The van der Waals surface area contributed by atoms with Crippen molar-refractivity contribution in [3.63, 3.8) is 0 Å². The van der Waals surface area contributed by atoms with Gasteiger partial charge in [-0.25, -0.2) is 13.4 Å². The van der Waals surface area contributed by atoms with Crippen LogP contribution < -0.4 is 15.0 Å². The zero-order valence-corrected chi connectivity index (χ0v) is 17.2. The largest absolute Gasteiger partial charge is 0.481 e. The number of anilines is 2. The minimum absolute atomic E-state index is 0.0409. The highest BCUT2D eigenvalue weighted by atomic mass is 32.2. The third-order valence-electron chi connectivity index (χ3n) is 5.18. The molecule has 1 amide bonds. The van der Waals surface area contributed by atoms with Gasteiger partial charge in [-0.15, -0.1) is 0 Å². The monoisotopic (exact) mass is 417 g/mol. The average Bonchev–Trinajstić information content (AvgIpc) is 2.73. The molecule has 10 heteroatoms. The Morgan fingerprint density at radius 1 is 1.07 bits per heavy atom. The van der Waals surface area contributed by atoms with Crippen molar-refractivity contribution >= 4 is 27.4 Å². The smallest absolute Gasteiger partial charge is 0.243 e. The summed E-state index contributed by atoms with van der Waals surface area (Å²) in [5.41, 5.74) is 1.55. The number of ether oxygens (including phenoxy) is 1. The first-order valence-electron chi connectivity index (χ1n) is 9.44. The van der Waals surface area contributed by atoms with Crippen LogP contribution in [-0.4, -0.2) is 61.9 Å². The predicted octanol–water partition coefficient (Wildman–Crippen LogP) is 1.19. The molecule has 0 radical (unpaired) electrons. The van der Waals surface area contributed by atoms with Crippen LogP contribution in [0.25, 0.3) is 0 Å². The van der Waals surface area contributed by atoms with Gasteiger partial charge in [0.15, 0.2) is 0 Å². The summed E-state index contributed by atoms with van der Waals surface area (Å²) in [7, 11) is -2.04. The second-order valence-corrected chi connectivity index (χ2v) is 9.01. The normalized spacial score (nSPS) is 17.6. The molecule has 154 valence electrons. The Labute approximate surface area is 169 Å². The number of fused-ring (bicyclic) bond motifs is 1. The van der Waals surface area contributed by atoms with Crippen LogP contribution >= 0.6 is 0 Å². The zero-order valence-electron chi connectivity index (χ0n) is 16.4. The second-order valence-electron chi connectivity index (χ2n) is 7.07. The van der Waals surface area contributed by atoms with Gasteiger partial charge in [0.2, 0.25) is 21.8 Å². The zero-order chi connectivity index (χ0) is 20.6. The van der Waals surface area contributed by atoms with Gasteiger partial charge >= 0.3 is 0 Å². The Morgan fingerprint density at radius 2 is 1.83 bits per heavy atom. The lowest BCUT2D eigenvalue weighted by Crippen LogP contribution is -2.49. The van der Waals surface area contributed by atoms with E-state index in [9.17, 15) is 13.2 Å². The van der Waals surface area contributed by atoms with Crippen molar-refractivity contribution in [2.45, 2.75) is 24.7 Å². The van der Waals surface area contributed by atoms with E-state index in [0.717, 1.165) is 11.4 Å². The van der Waals surface area contributed by atoms with Gasteiger partial charge in [-0.1, -0.05) is 0 Å². The molecule has 4 rings (SSSR count). The molecule has 2 aromatic rings. The van der Waals surface area contributed by atoms with Crippen LogP contribution in [0.1, 0.15) is 17.8 Å². The number of nitrogens with one attached hydrogen (secondary N) is 1. The minimum atomic E-state index is -3.60. The maximum Gasteiger partial charge on any atom is 0.243 e. The third kappa shape index (κ3) is 3.90. The Bertz CT molecular complexity index is 1050. The number of aryl methyl sites for hydroxylation is 2. The number of amides is 1. The van der Waals surface area contributed by atoms with Crippen LogP contribution in [0, 0.1) is 6.92 Å². The summed E-state index contributed by atoms with van der Waals surface area (Å²) >= 11 is 0. The van der Waals surface area contributed by atoms with Gasteiger partial charge in [0.05, 0.1) is 12.0 Å². The third-order valence-corrected chi connectivity index (χ3v) is 7.08. The first-order chi connectivity index (χ1) is 13.9. The summed E-state index contributed by atoms with van der Waals surface area (Å²) in [6.45, 7) is 3.58. The lowest BCUT2D eigenvalue weighted by atomic mass is 10.0. The molecule has 0 bridgehead atoms. The van der Waals surface area contributed by atoms with E-state index in [2.05, 4.69) is 15.3 Å². The van der Waals surface area contributed by atoms with Gasteiger partial charge in [0.25, 0.3) is 0 Å². The van der Waals surface area contributed by atoms with E-state index in [1.165, 1.54) is 4.31 Å². The standard InChI is InChI=1S/C19H23N5O4S/c1-13-20-17(12-19(21-13)28-2)23-7-9-24(10-8-23)29(26,27)15-4-5-16-14(11-15)3-6-18(25)22-16/h4-5,11-12H,3,6-10H2,1-2H3,(H,22,25). The molecule has 1 aromatic carbocycles. The number of carbonyl (C=O) groups is 1. The Morgan fingerprint density at radius 3 is 2.55 bits per heavy atom. The fourth-order valence-electron chi connectivity index (χ4n) is 3.62. The number of sulfonamides is 1. The summed E-state index contributed by atoms with van der Waals surface area (Å²) in [6, 6.07) is 6.67. The molecule has 9 nitrogen and oxygen atoms in total. The van der Waals surface area contributed by atoms with Gasteiger partial charge in [0, 0.05) is 44.4 Å². The van der Waals surface area contributed by atoms with Crippen LogP contribution in [0.5, 0.6) is 5.88 Å². The van der Waals surface area contributed by atoms with Crippen LogP contribution in [0.3, 0.4) is 0 Å². The van der Waals surface area contributed by atoms with Crippen LogP contribution in [0.15, 0.2) is 29.2 Å². The molecule has 0 unspecified atom stereocenters. The number of aromatic nitrogens is 2. The Kier molecular flexibility index (Phi) is 5.13. The Hall–Kier alpha value is -2.72. The van der Waals surface area contributed by atoms with Gasteiger partial charge in [-0.05, 0) is 37.1 Å². The quantitative estimate of drug-likeness (QED) is 0.797.